The van der Waals surface area contributed by atoms with E-state index in [1.54, 1.807) is 37.4 Å². The molecule has 3 aromatic carbocycles. The van der Waals surface area contributed by atoms with Gasteiger partial charge in [0.1, 0.15) is 5.75 Å². The topological polar surface area (TPSA) is 92.8 Å². The Labute approximate surface area is 200 Å². The molecule has 1 aromatic heterocycles. The van der Waals surface area contributed by atoms with Crippen LogP contribution in [0.4, 0.5) is 5.69 Å². The van der Waals surface area contributed by atoms with Crippen molar-refractivity contribution in [2.75, 3.05) is 18.2 Å². The Morgan fingerprint density at radius 1 is 1.12 bits per heavy atom. The van der Waals surface area contributed by atoms with Crippen LogP contribution in [0.25, 0.3) is 17.1 Å². The molecule has 0 aliphatic heterocycles. The maximum atomic E-state index is 12.5. The van der Waals surface area contributed by atoms with Crippen molar-refractivity contribution in [3.8, 4) is 28.9 Å². The minimum atomic E-state index is -0.223. The van der Waals surface area contributed by atoms with E-state index in [9.17, 15) is 4.79 Å². The zero-order valence-electron chi connectivity index (χ0n) is 17.5. The van der Waals surface area contributed by atoms with Crippen LogP contribution >= 0.6 is 23.4 Å². The average Bonchev–Trinajstić information content (AvgIpc) is 3.27. The minimum absolute atomic E-state index is 0.105. The van der Waals surface area contributed by atoms with E-state index in [0.29, 0.717) is 27.3 Å². The molecular formula is C24H18ClN5O2S. The third-order valence-corrected chi connectivity index (χ3v) is 5.95. The van der Waals surface area contributed by atoms with Crippen LogP contribution in [0, 0.1) is 11.3 Å². The number of anilines is 1. The third kappa shape index (κ3) is 5.17. The largest absolute Gasteiger partial charge is 0.497 e. The quantitative estimate of drug-likeness (QED) is 0.369. The Kier molecular flexibility index (Phi) is 6.93. The maximum Gasteiger partial charge on any atom is 0.234 e. The number of hydrogen-bond donors (Lipinski definition) is 1. The van der Waals surface area contributed by atoms with E-state index in [1.807, 2.05) is 47.0 Å². The molecule has 0 radical (unpaired) electrons. The molecule has 1 heterocycles. The van der Waals surface area contributed by atoms with E-state index in [2.05, 4.69) is 21.6 Å². The predicted octanol–water partition coefficient (Wildman–Crippen LogP) is 5.20. The van der Waals surface area contributed by atoms with E-state index in [-0.39, 0.29) is 11.7 Å². The Balaban J connectivity index is 1.61. The van der Waals surface area contributed by atoms with E-state index >= 15 is 0 Å². The Morgan fingerprint density at radius 2 is 1.91 bits per heavy atom. The van der Waals surface area contributed by atoms with Crippen LogP contribution in [-0.2, 0) is 4.79 Å². The molecule has 0 saturated carbocycles. The standard InChI is InChI=1S/C24H18ClN5O2S/c1-32-19-11-9-18(10-12-19)30-23(20-7-2-3-8-21(20)25)28-29-24(30)33-15-22(31)27-17-6-4-5-16(13-17)14-26/h2-13H,15H2,1H3,(H,27,31). The molecule has 0 bridgehead atoms. The summed E-state index contributed by atoms with van der Waals surface area (Å²) in [5.41, 5.74) is 2.57. The molecule has 0 saturated heterocycles. The normalized spacial score (nSPS) is 10.5. The fourth-order valence-corrected chi connectivity index (χ4v) is 4.11. The van der Waals surface area contributed by atoms with Crippen molar-refractivity contribution in [1.29, 1.82) is 5.26 Å². The third-order valence-electron chi connectivity index (χ3n) is 4.69. The number of carbonyl (C=O) groups excluding carboxylic acids is 1. The maximum absolute atomic E-state index is 12.5. The van der Waals surface area contributed by atoms with E-state index in [4.69, 9.17) is 21.6 Å². The average molecular weight is 476 g/mol. The van der Waals surface area contributed by atoms with Crippen LogP contribution in [0.3, 0.4) is 0 Å². The lowest BCUT2D eigenvalue weighted by Crippen LogP contribution is -2.14. The number of amides is 1. The number of halogens is 1. The molecule has 4 aromatic rings. The molecule has 4 rings (SSSR count). The van der Waals surface area contributed by atoms with E-state index in [1.165, 1.54) is 11.8 Å². The molecule has 1 N–H and O–H groups in total. The number of ether oxygens (including phenoxy) is 1. The highest BCUT2D eigenvalue weighted by molar-refractivity contribution is 7.99. The Hall–Kier alpha value is -3.80. The molecule has 164 valence electrons. The molecule has 1 amide bonds. The number of rotatable bonds is 7. The van der Waals surface area contributed by atoms with E-state index < -0.39 is 0 Å². The summed E-state index contributed by atoms with van der Waals surface area (Å²) in [7, 11) is 1.61. The summed E-state index contributed by atoms with van der Waals surface area (Å²) >= 11 is 7.67. The van der Waals surface area contributed by atoms with Gasteiger partial charge in [-0.2, -0.15) is 5.26 Å². The molecule has 0 spiro atoms. The monoisotopic (exact) mass is 475 g/mol. The van der Waals surface area contributed by atoms with Gasteiger partial charge in [0.2, 0.25) is 5.91 Å². The second-order valence-corrected chi connectivity index (χ2v) is 8.20. The number of nitrogens with zero attached hydrogens (tertiary/aromatic N) is 4. The highest BCUT2D eigenvalue weighted by atomic mass is 35.5. The SMILES string of the molecule is COc1ccc(-n2c(SCC(=O)Nc3cccc(C#N)c3)nnc2-c2ccccc2Cl)cc1. The van der Waals surface area contributed by atoms with Gasteiger partial charge in [0.05, 0.1) is 29.5 Å². The first kappa shape index (κ1) is 22.4. The summed E-state index contributed by atoms with van der Waals surface area (Å²) in [6, 6.07) is 23.7. The van der Waals surface area contributed by atoms with Crippen LogP contribution in [0.2, 0.25) is 5.02 Å². The summed E-state index contributed by atoms with van der Waals surface area (Å²) in [6.45, 7) is 0. The van der Waals surface area contributed by atoms with Crippen molar-refractivity contribution < 1.29 is 9.53 Å². The predicted molar refractivity (Wildman–Crippen MR) is 129 cm³/mol. The number of aromatic nitrogens is 3. The van der Waals surface area contributed by atoms with Crippen molar-refractivity contribution >= 4 is 35.0 Å². The van der Waals surface area contributed by atoms with Gasteiger partial charge in [-0.3, -0.25) is 9.36 Å². The van der Waals surface area contributed by atoms with Gasteiger partial charge in [0.15, 0.2) is 11.0 Å². The first-order chi connectivity index (χ1) is 16.1. The van der Waals surface area contributed by atoms with Crippen molar-refractivity contribution in [2.45, 2.75) is 5.16 Å². The van der Waals surface area contributed by atoms with Gasteiger partial charge in [-0.15, -0.1) is 10.2 Å². The molecular weight excluding hydrogens is 458 g/mol. The highest BCUT2D eigenvalue weighted by Crippen LogP contribution is 2.32. The first-order valence-corrected chi connectivity index (χ1v) is 11.2. The number of nitrogens with one attached hydrogen (secondary N) is 1. The lowest BCUT2D eigenvalue weighted by molar-refractivity contribution is -0.113. The number of nitriles is 1. The van der Waals surface area contributed by atoms with Crippen LogP contribution < -0.4 is 10.1 Å². The lowest BCUT2D eigenvalue weighted by atomic mass is 10.2. The van der Waals surface area contributed by atoms with Gasteiger partial charge in [0, 0.05) is 16.9 Å². The van der Waals surface area contributed by atoms with Crippen LogP contribution in [0.15, 0.2) is 78.0 Å². The molecule has 0 aliphatic carbocycles. The van der Waals surface area contributed by atoms with Crippen molar-refractivity contribution in [3.05, 3.63) is 83.4 Å². The first-order valence-electron chi connectivity index (χ1n) is 9.86. The van der Waals surface area contributed by atoms with Gasteiger partial charge < -0.3 is 10.1 Å². The van der Waals surface area contributed by atoms with Gasteiger partial charge >= 0.3 is 0 Å². The van der Waals surface area contributed by atoms with Gasteiger partial charge in [-0.1, -0.05) is 41.6 Å². The molecule has 0 unspecified atom stereocenters. The molecule has 33 heavy (non-hydrogen) atoms. The van der Waals surface area contributed by atoms with Crippen LogP contribution in [0.1, 0.15) is 5.56 Å². The number of hydrogen-bond acceptors (Lipinski definition) is 6. The molecule has 0 fully saturated rings. The van der Waals surface area contributed by atoms with Crippen molar-refractivity contribution in [2.24, 2.45) is 0 Å². The summed E-state index contributed by atoms with van der Waals surface area (Å²) < 4.78 is 7.12. The molecule has 7 nitrogen and oxygen atoms in total. The van der Waals surface area contributed by atoms with E-state index in [0.717, 1.165) is 17.0 Å². The second kappa shape index (κ2) is 10.2. The van der Waals surface area contributed by atoms with Gasteiger partial charge in [0.25, 0.3) is 0 Å². The number of methoxy groups -OCH3 is 1. The molecule has 0 aliphatic rings. The fourth-order valence-electron chi connectivity index (χ4n) is 3.14. The zero-order chi connectivity index (χ0) is 23.2. The van der Waals surface area contributed by atoms with Crippen LogP contribution in [-0.4, -0.2) is 33.5 Å². The number of carbonyl (C=O) groups is 1. The Bertz CT molecular complexity index is 1330. The molecule has 0 atom stereocenters. The smallest absolute Gasteiger partial charge is 0.234 e. The fraction of sp³-hybridized carbons (Fsp3) is 0.0833. The van der Waals surface area contributed by atoms with Crippen molar-refractivity contribution in [3.63, 3.8) is 0 Å². The Morgan fingerprint density at radius 3 is 2.64 bits per heavy atom. The van der Waals surface area contributed by atoms with Crippen LogP contribution in [0.5, 0.6) is 5.75 Å². The van der Waals surface area contributed by atoms with Crippen molar-refractivity contribution in [1.82, 2.24) is 14.8 Å². The second-order valence-electron chi connectivity index (χ2n) is 6.85. The highest BCUT2D eigenvalue weighted by Gasteiger charge is 2.19. The zero-order valence-corrected chi connectivity index (χ0v) is 19.1. The summed E-state index contributed by atoms with van der Waals surface area (Å²) in [5.74, 6) is 1.17. The van der Waals surface area contributed by atoms with Gasteiger partial charge in [-0.05, 0) is 54.6 Å². The summed E-state index contributed by atoms with van der Waals surface area (Å²) in [6.07, 6.45) is 0. The molecule has 9 heteroatoms. The summed E-state index contributed by atoms with van der Waals surface area (Å²) in [4.78, 5) is 12.5. The summed E-state index contributed by atoms with van der Waals surface area (Å²) in [5, 5.41) is 21.6. The number of benzene rings is 3. The lowest BCUT2D eigenvalue weighted by Gasteiger charge is -2.12. The van der Waals surface area contributed by atoms with Gasteiger partial charge in [-0.25, -0.2) is 0 Å². The minimum Gasteiger partial charge on any atom is -0.497 e. The number of thioether (sulfide) groups is 1.